The summed E-state index contributed by atoms with van der Waals surface area (Å²) in [5.74, 6) is 1.17. The summed E-state index contributed by atoms with van der Waals surface area (Å²) < 4.78 is 21.4. The first kappa shape index (κ1) is 23.8. The van der Waals surface area contributed by atoms with Crippen LogP contribution in [0.15, 0.2) is 53.4 Å². The largest absolute Gasteiger partial charge is 0.384 e. The summed E-state index contributed by atoms with van der Waals surface area (Å²) in [5.41, 5.74) is 9.79. The molecular formula is C26H36N4O2S. The van der Waals surface area contributed by atoms with Crippen molar-refractivity contribution in [2.24, 2.45) is 5.73 Å². The normalized spacial score (nSPS) is 16.3. The number of aromatic nitrogens is 1. The van der Waals surface area contributed by atoms with Gasteiger partial charge in [-0.25, -0.2) is 4.98 Å². The Morgan fingerprint density at radius 3 is 2.67 bits per heavy atom. The molecule has 4 rings (SSSR count). The predicted octanol–water partition coefficient (Wildman–Crippen LogP) is 5.99. The summed E-state index contributed by atoms with van der Waals surface area (Å²) in [6.07, 6.45) is 5.85. The zero-order valence-electron chi connectivity index (χ0n) is 19.5. The van der Waals surface area contributed by atoms with Gasteiger partial charge >= 0.3 is 0 Å². The van der Waals surface area contributed by atoms with Crippen LogP contribution in [0.25, 0.3) is 10.9 Å². The van der Waals surface area contributed by atoms with Gasteiger partial charge < -0.3 is 16.0 Å². The SMILES string of the molecule is Cc1ccc2nc(N3CCS(O)(O)c4ccccc4C3)cc(NCCCCCCCN)c2c1. The number of hydrogen-bond donors (Lipinski definition) is 4. The smallest absolute Gasteiger partial charge is 0.131 e. The van der Waals surface area contributed by atoms with Gasteiger partial charge in [0.05, 0.1) is 16.2 Å². The summed E-state index contributed by atoms with van der Waals surface area (Å²) >= 11 is 0. The highest BCUT2D eigenvalue weighted by atomic mass is 32.3. The molecule has 0 aliphatic carbocycles. The molecule has 0 atom stereocenters. The van der Waals surface area contributed by atoms with Crippen LogP contribution < -0.4 is 16.0 Å². The van der Waals surface area contributed by atoms with Crippen LogP contribution >= 0.6 is 10.6 Å². The number of pyridine rings is 1. The van der Waals surface area contributed by atoms with Crippen molar-refractivity contribution in [2.45, 2.75) is 50.5 Å². The van der Waals surface area contributed by atoms with Gasteiger partial charge in [-0.3, -0.25) is 9.11 Å². The third-order valence-corrected chi connectivity index (χ3v) is 8.16. The molecule has 0 unspecified atom stereocenters. The number of nitrogens with zero attached hydrogens (tertiary/aromatic N) is 2. The van der Waals surface area contributed by atoms with Gasteiger partial charge in [-0.2, -0.15) is 10.6 Å². The van der Waals surface area contributed by atoms with E-state index in [0.717, 1.165) is 53.9 Å². The molecule has 0 saturated carbocycles. The van der Waals surface area contributed by atoms with Crippen molar-refractivity contribution in [1.82, 2.24) is 4.98 Å². The van der Waals surface area contributed by atoms with Gasteiger partial charge in [0.1, 0.15) is 5.82 Å². The van der Waals surface area contributed by atoms with Crippen molar-refractivity contribution in [3.05, 3.63) is 59.7 Å². The van der Waals surface area contributed by atoms with E-state index in [1.807, 2.05) is 24.3 Å². The molecule has 7 heteroatoms. The molecule has 5 N–H and O–H groups in total. The lowest BCUT2D eigenvalue weighted by Gasteiger charge is -2.32. The lowest BCUT2D eigenvalue weighted by molar-refractivity contribution is 0.488. The van der Waals surface area contributed by atoms with E-state index in [1.165, 1.54) is 24.8 Å². The minimum absolute atomic E-state index is 0.309. The molecule has 3 aromatic rings. The van der Waals surface area contributed by atoms with Crippen LogP contribution in [0, 0.1) is 6.92 Å². The first-order valence-electron chi connectivity index (χ1n) is 11.9. The van der Waals surface area contributed by atoms with Gasteiger partial charge in [0.15, 0.2) is 0 Å². The van der Waals surface area contributed by atoms with Gasteiger partial charge in [0.2, 0.25) is 0 Å². The van der Waals surface area contributed by atoms with Crippen molar-refractivity contribution < 1.29 is 9.11 Å². The van der Waals surface area contributed by atoms with Crippen LogP contribution in [-0.4, -0.2) is 39.5 Å². The lowest BCUT2D eigenvalue weighted by Crippen LogP contribution is -2.26. The van der Waals surface area contributed by atoms with Gasteiger partial charge in [-0.1, -0.05) is 49.1 Å². The molecule has 33 heavy (non-hydrogen) atoms. The van der Waals surface area contributed by atoms with E-state index in [-0.39, 0.29) is 0 Å². The van der Waals surface area contributed by atoms with Crippen molar-refractivity contribution in [3.63, 3.8) is 0 Å². The number of aryl methyl sites for hydroxylation is 1. The Kier molecular flexibility index (Phi) is 7.75. The molecule has 2 aromatic carbocycles. The zero-order chi connectivity index (χ0) is 23.3. The standard InChI is InChI=1S/C26H36N4O2S/c1-20-11-12-23-22(17-20)24(28-14-8-4-2-3-7-13-27)18-26(29-23)30-15-16-33(31,32)25-10-6-5-9-21(25)19-30/h5-6,9-12,17-18,31-32H,2-4,7-8,13-16,19,27H2,1H3,(H,28,29). The molecule has 1 aliphatic heterocycles. The molecule has 0 saturated heterocycles. The second-order valence-corrected chi connectivity index (χ2v) is 11.1. The summed E-state index contributed by atoms with van der Waals surface area (Å²) in [7, 11) is -2.80. The second kappa shape index (κ2) is 10.7. The van der Waals surface area contributed by atoms with E-state index in [2.05, 4.69) is 41.4 Å². The molecule has 0 spiro atoms. The first-order chi connectivity index (χ1) is 16.0. The van der Waals surface area contributed by atoms with Crippen molar-refractivity contribution in [1.29, 1.82) is 0 Å². The van der Waals surface area contributed by atoms with E-state index in [0.29, 0.717) is 23.7 Å². The van der Waals surface area contributed by atoms with Gasteiger partial charge in [-0.05, 0) is 50.1 Å². The van der Waals surface area contributed by atoms with E-state index in [1.54, 1.807) is 0 Å². The maximum Gasteiger partial charge on any atom is 0.131 e. The highest BCUT2D eigenvalue weighted by molar-refractivity contribution is 8.24. The molecule has 0 radical (unpaired) electrons. The van der Waals surface area contributed by atoms with Crippen molar-refractivity contribution >= 4 is 33.0 Å². The van der Waals surface area contributed by atoms with Crippen molar-refractivity contribution in [3.8, 4) is 0 Å². The lowest BCUT2D eigenvalue weighted by atomic mass is 10.1. The molecular weight excluding hydrogens is 432 g/mol. The van der Waals surface area contributed by atoms with E-state index < -0.39 is 10.6 Å². The molecule has 2 heterocycles. The van der Waals surface area contributed by atoms with Gasteiger partial charge in [0, 0.05) is 36.8 Å². The Balaban J connectivity index is 1.57. The van der Waals surface area contributed by atoms with E-state index >= 15 is 0 Å². The predicted molar refractivity (Wildman–Crippen MR) is 141 cm³/mol. The Morgan fingerprint density at radius 1 is 1.03 bits per heavy atom. The van der Waals surface area contributed by atoms with Crippen LogP contribution in [0.4, 0.5) is 11.5 Å². The maximum atomic E-state index is 10.7. The molecule has 6 nitrogen and oxygen atoms in total. The number of unbranched alkanes of at least 4 members (excludes halogenated alkanes) is 4. The Labute approximate surface area is 198 Å². The first-order valence-corrected chi connectivity index (χ1v) is 13.6. The highest BCUT2D eigenvalue weighted by Gasteiger charge is 2.26. The van der Waals surface area contributed by atoms with Crippen LogP contribution in [0.2, 0.25) is 0 Å². The molecule has 0 fully saturated rings. The fourth-order valence-corrected chi connectivity index (χ4v) is 5.98. The molecule has 0 amide bonds. The number of nitrogens with one attached hydrogen (secondary N) is 1. The maximum absolute atomic E-state index is 10.7. The second-order valence-electron chi connectivity index (χ2n) is 8.93. The summed E-state index contributed by atoms with van der Waals surface area (Å²) in [5, 5.41) is 4.78. The zero-order valence-corrected chi connectivity index (χ0v) is 20.3. The number of fused-ring (bicyclic) bond motifs is 2. The average Bonchev–Trinajstić information content (AvgIpc) is 2.94. The van der Waals surface area contributed by atoms with E-state index in [9.17, 15) is 9.11 Å². The number of hydrogen-bond acceptors (Lipinski definition) is 6. The summed E-state index contributed by atoms with van der Waals surface area (Å²) in [4.78, 5) is 7.79. The van der Waals surface area contributed by atoms with E-state index in [4.69, 9.17) is 10.7 Å². The number of nitrogens with two attached hydrogens (primary N) is 1. The number of rotatable bonds is 9. The fraction of sp³-hybridized carbons (Fsp3) is 0.423. The quantitative estimate of drug-likeness (QED) is 0.288. The van der Waals surface area contributed by atoms with Crippen molar-refractivity contribution in [2.75, 3.05) is 35.6 Å². The molecule has 178 valence electrons. The Morgan fingerprint density at radius 2 is 1.82 bits per heavy atom. The molecule has 1 aliphatic rings. The molecule has 0 bridgehead atoms. The Bertz CT molecular complexity index is 1090. The minimum Gasteiger partial charge on any atom is -0.384 e. The fourth-order valence-electron chi connectivity index (χ4n) is 4.44. The number of anilines is 2. The van der Waals surface area contributed by atoms with Crippen LogP contribution in [0.5, 0.6) is 0 Å². The third-order valence-electron chi connectivity index (χ3n) is 6.30. The topological polar surface area (TPSA) is 94.6 Å². The summed E-state index contributed by atoms with van der Waals surface area (Å²) in [6, 6.07) is 16.1. The van der Waals surface area contributed by atoms with Crippen LogP contribution in [0.1, 0.15) is 43.2 Å². The third kappa shape index (κ3) is 5.79. The van der Waals surface area contributed by atoms with Gasteiger partial charge in [0.25, 0.3) is 0 Å². The van der Waals surface area contributed by atoms with Crippen LogP contribution in [-0.2, 0) is 6.54 Å². The monoisotopic (exact) mass is 468 g/mol. The minimum atomic E-state index is -2.80. The average molecular weight is 469 g/mol. The summed E-state index contributed by atoms with van der Waals surface area (Å²) in [6.45, 7) is 4.95. The highest BCUT2D eigenvalue weighted by Crippen LogP contribution is 2.51. The van der Waals surface area contributed by atoms with Gasteiger partial charge in [-0.15, -0.1) is 0 Å². The van der Waals surface area contributed by atoms with Crippen LogP contribution in [0.3, 0.4) is 0 Å². The Hall–Kier alpha value is -2.32. The number of benzene rings is 2. The molecule has 1 aromatic heterocycles.